The minimum Gasteiger partial charge on any atom is -0.404 e. The molecule has 1 aliphatic rings. The molecule has 1 heterocycles. The molecule has 0 spiro atoms. The zero-order valence-electron chi connectivity index (χ0n) is 16.2. The molecule has 1 saturated heterocycles. The van der Waals surface area contributed by atoms with Crippen LogP contribution < -0.4 is 10.4 Å². The second-order valence-electron chi connectivity index (χ2n) is 8.61. The van der Waals surface area contributed by atoms with Crippen molar-refractivity contribution in [3.05, 3.63) is 60.7 Å². The van der Waals surface area contributed by atoms with Crippen LogP contribution in [0.15, 0.2) is 60.7 Å². The van der Waals surface area contributed by atoms with E-state index in [-0.39, 0.29) is 11.1 Å². The molecular weight excluding hydrogens is 340 g/mol. The lowest BCUT2D eigenvalue weighted by Gasteiger charge is -2.44. The van der Waals surface area contributed by atoms with Gasteiger partial charge in [0.05, 0.1) is 24.9 Å². The fourth-order valence-electron chi connectivity index (χ4n) is 3.76. The van der Waals surface area contributed by atoms with Crippen LogP contribution in [-0.4, -0.2) is 38.3 Å². The Hall–Kier alpha value is -1.46. The summed E-state index contributed by atoms with van der Waals surface area (Å²) in [5.41, 5.74) is -0.895. The summed E-state index contributed by atoms with van der Waals surface area (Å²) in [5.74, 6) is 0. The van der Waals surface area contributed by atoms with Crippen LogP contribution in [0.4, 0.5) is 0 Å². The number of benzene rings is 2. The predicted molar refractivity (Wildman–Crippen MR) is 109 cm³/mol. The Morgan fingerprint density at radius 2 is 1.42 bits per heavy atom. The summed E-state index contributed by atoms with van der Waals surface area (Å²) >= 11 is 0. The van der Waals surface area contributed by atoms with Gasteiger partial charge in [0.25, 0.3) is 8.32 Å². The lowest BCUT2D eigenvalue weighted by atomic mass is 10.0. The fourth-order valence-corrected chi connectivity index (χ4v) is 8.44. The molecule has 2 aromatic rings. The third kappa shape index (κ3) is 4.09. The highest BCUT2D eigenvalue weighted by molar-refractivity contribution is 6.99. The van der Waals surface area contributed by atoms with Gasteiger partial charge in [-0.25, -0.2) is 0 Å². The standard InChI is InChI=1S/C22H30O3Si/c1-21(2,3)26(19-11-7-5-8-12-19,20-13-9-6-10-14-20)25-17-22(4,23)15-18-16-24-18/h5-14,18,23H,15-17H2,1-4H3/t18-,22+/m1/s1. The molecule has 4 heteroatoms. The molecule has 1 aliphatic heterocycles. The maximum atomic E-state index is 10.9. The first kappa shape index (κ1) is 19.3. The van der Waals surface area contributed by atoms with Gasteiger partial charge in [0.2, 0.25) is 0 Å². The first-order valence-corrected chi connectivity index (χ1v) is 11.2. The Labute approximate surface area is 158 Å². The van der Waals surface area contributed by atoms with E-state index in [1.54, 1.807) is 0 Å². The molecule has 2 aromatic carbocycles. The molecule has 0 unspecified atom stereocenters. The summed E-state index contributed by atoms with van der Waals surface area (Å²) in [5, 5.41) is 13.3. The van der Waals surface area contributed by atoms with E-state index in [9.17, 15) is 5.11 Å². The molecule has 140 valence electrons. The SMILES string of the molecule is CC(C)(C)[Si](OC[C@@](C)(O)C[C@@H]1CO1)(c1ccccc1)c1ccccc1. The van der Waals surface area contributed by atoms with Crippen LogP contribution in [0.3, 0.4) is 0 Å². The maximum Gasteiger partial charge on any atom is 0.261 e. The second kappa shape index (κ2) is 7.28. The number of epoxide rings is 1. The molecule has 0 bridgehead atoms. The summed E-state index contributed by atoms with van der Waals surface area (Å²) < 4.78 is 12.1. The van der Waals surface area contributed by atoms with Crippen LogP contribution >= 0.6 is 0 Å². The molecule has 0 amide bonds. The third-order valence-electron chi connectivity index (χ3n) is 5.09. The first-order valence-electron chi connectivity index (χ1n) is 9.34. The van der Waals surface area contributed by atoms with Gasteiger partial charge in [-0.1, -0.05) is 81.4 Å². The largest absolute Gasteiger partial charge is 0.404 e. The molecule has 3 nitrogen and oxygen atoms in total. The predicted octanol–water partition coefficient (Wildman–Crippen LogP) is 3.10. The Balaban J connectivity index is 2.02. The zero-order valence-corrected chi connectivity index (χ0v) is 17.2. The van der Waals surface area contributed by atoms with Crippen molar-refractivity contribution in [3.8, 4) is 0 Å². The Bertz CT molecular complexity index is 664. The summed E-state index contributed by atoms with van der Waals surface area (Å²) in [7, 11) is -2.59. The molecule has 0 saturated carbocycles. The van der Waals surface area contributed by atoms with E-state index in [4.69, 9.17) is 9.16 Å². The number of hydrogen-bond acceptors (Lipinski definition) is 3. The van der Waals surface area contributed by atoms with Gasteiger partial charge < -0.3 is 14.3 Å². The molecular formula is C22H30O3Si. The van der Waals surface area contributed by atoms with Gasteiger partial charge >= 0.3 is 0 Å². The summed E-state index contributed by atoms with van der Waals surface area (Å²) in [6, 6.07) is 21.1. The molecule has 0 aliphatic carbocycles. The van der Waals surface area contributed by atoms with Crippen molar-refractivity contribution in [2.45, 2.75) is 50.9 Å². The topological polar surface area (TPSA) is 42.0 Å². The minimum atomic E-state index is -2.59. The highest BCUT2D eigenvalue weighted by atomic mass is 28.4. The van der Waals surface area contributed by atoms with E-state index in [0.717, 1.165) is 6.61 Å². The monoisotopic (exact) mass is 370 g/mol. The number of hydrogen-bond donors (Lipinski definition) is 1. The average molecular weight is 371 g/mol. The van der Waals surface area contributed by atoms with Crippen molar-refractivity contribution in [2.75, 3.05) is 13.2 Å². The van der Waals surface area contributed by atoms with E-state index in [1.807, 2.05) is 19.1 Å². The average Bonchev–Trinajstić information content (AvgIpc) is 3.39. The van der Waals surface area contributed by atoms with Crippen LogP contribution in [0.25, 0.3) is 0 Å². The van der Waals surface area contributed by atoms with E-state index in [2.05, 4.69) is 69.3 Å². The van der Waals surface area contributed by atoms with Crippen molar-refractivity contribution in [3.63, 3.8) is 0 Å². The molecule has 0 aromatic heterocycles. The second-order valence-corrected chi connectivity index (χ2v) is 12.9. The summed E-state index contributed by atoms with van der Waals surface area (Å²) in [6.07, 6.45) is 0.790. The van der Waals surface area contributed by atoms with Crippen LogP contribution in [0.1, 0.15) is 34.1 Å². The van der Waals surface area contributed by atoms with Gasteiger partial charge in [-0.2, -0.15) is 0 Å². The van der Waals surface area contributed by atoms with Crippen molar-refractivity contribution >= 4 is 18.7 Å². The molecule has 2 atom stereocenters. The van der Waals surface area contributed by atoms with Crippen molar-refractivity contribution in [1.82, 2.24) is 0 Å². The fraction of sp³-hybridized carbons (Fsp3) is 0.455. The Morgan fingerprint density at radius 3 is 1.81 bits per heavy atom. The third-order valence-corrected chi connectivity index (χ3v) is 10.1. The van der Waals surface area contributed by atoms with Crippen molar-refractivity contribution in [2.24, 2.45) is 0 Å². The normalized spacial score (nSPS) is 19.8. The van der Waals surface area contributed by atoms with E-state index >= 15 is 0 Å². The Morgan fingerprint density at radius 1 is 0.962 bits per heavy atom. The summed E-state index contributed by atoms with van der Waals surface area (Å²) in [4.78, 5) is 0. The van der Waals surface area contributed by atoms with Gasteiger partial charge in [-0.3, -0.25) is 0 Å². The Kier molecular flexibility index (Phi) is 5.40. The van der Waals surface area contributed by atoms with Gasteiger partial charge in [-0.15, -0.1) is 0 Å². The molecule has 1 fully saturated rings. The molecule has 26 heavy (non-hydrogen) atoms. The van der Waals surface area contributed by atoms with Crippen molar-refractivity contribution < 1.29 is 14.3 Å². The highest BCUT2D eigenvalue weighted by Gasteiger charge is 2.51. The van der Waals surface area contributed by atoms with E-state index in [1.165, 1.54) is 10.4 Å². The zero-order chi connectivity index (χ0) is 18.8. The minimum absolute atomic E-state index is 0.0815. The van der Waals surface area contributed by atoms with Gasteiger partial charge in [0, 0.05) is 6.42 Å². The molecule has 1 N–H and O–H groups in total. The van der Waals surface area contributed by atoms with Gasteiger partial charge in [-0.05, 0) is 22.3 Å². The van der Waals surface area contributed by atoms with E-state index < -0.39 is 13.9 Å². The maximum absolute atomic E-state index is 10.9. The highest BCUT2D eigenvalue weighted by Crippen LogP contribution is 2.37. The van der Waals surface area contributed by atoms with Crippen LogP contribution in [-0.2, 0) is 9.16 Å². The van der Waals surface area contributed by atoms with Crippen molar-refractivity contribution in [1.29, 1.82) is 0 Å². The van der Waals surface area contributed by atoms with Crippen LogP contribution in [0.2, 0.25) is 5.04 Å². The summed E-state index contributed by atoms with van der Waals surface area (Å²) in [6.45, 7) is 9.65. The first-order chi connectivity index (χ1) is 12.2. The smallest absolute Gasteiger partial charge is 0.261 e. The molecule has 3 rings (SSSR count). The van der Waals surface area contributed by atoms with E-state index in [0.29, 0.717) is 13.0 Å². The number of ether oxygens (including phenoxy) is 1. The van der Waals surface area contributed by atoms with Gasteiger partial charge in [0.1, 0.15) is 0 Å². The quantitative estimate of drug-likeness (QED) is 0.601. The lowest BCUT2D eigenvalue weighted by Crippen LogP contribution is -2.67. The van der Waals surface area contributed by atoms with Crippen LogP contribution in [0.5, 0.6) is 0 Å². The van der Waals surface area contributed by atoms with Crippen LogP contribution in [0, 0.1) is 0 Å². The van der Waals surface area contributed by atoms with Gasteiger partial charge in [0.15, 0.2) is 0 Å². The number of rotatable bonds is 7. The molecule has 0 radical (unpaired) electrons. The lowest BCUT2D eigenvalue weighted by molar-refractivity contribution is -0.00441. The number of aliphatic hydroxyl groups is 1.